The monoisotopic (exact) mass is 336 g/mol. The lowest BCUT2D eigenvalue weighted by Gasteiger charge is -2.05. The number of nitrogens with one attached hydrogen (secondary N) is 1. The highest BCUT2D eigenvalue weighted by Gasteiger charge is 2.06. The van der Waals surface area contributed by atoms with Crippen LogP contribution in [0.15, 0.2) is 66.0 Å². The Kier molecular flexibility index (Phi) is 4.75. The highest BCUT2D eigenvalue weighted by Crippen LogP contribution is 2.20. The number of hydrogen-bond acceptors (Lipinski definition) is 5. The number of aromatic hydroxyl groups is 2. The van der Waals surface area contributed by atoms with Crippen molar-refractivity contribution in [3.05, 3.63) is 77.6 Å². The Morgan fingerprint density at radius 3 is 2.84 bits per heavy atom. The summed E-state index contributed by atoms with van der Waals surface area (Å²) in [5, 5.41) is 26.9. The number of carbonyl (C=O) groups excluding carboxylic acids is 1. The standard InChI is InChI=1S/C18H16N4O3/c23-16-6-5-15(17(24)10-16)11-19-21-18(25)14-4-1-3-13(9-14)12-22-8-2-7-20-22/h1-11,23-24H,12H2,(H,21,25). The summed E-state index contributed by atoms with van der Waals surface area (Å²) in [6, 6.07) is 13.1. The second-order valence-corrected chi connectivity index (χ2v) is 5.35. The van der Waals surface area contributed by atoms with Gasteiger partial charge in [0.05, 0.1) is 12.8 Å². The summed E-state index contributed by atoms with van der Waals surface area (Å²) in [6.45, 7) is 0.568. The van der Waals surface area contributed by atoms with Crippen molar-refractivity contribution >= 4 is 12.1 Å². The zero-order valence-electron chi connectivity index (χ0n) is 13.2. The number of nitrogens with zero attached hydrogens (tertiary/aromatic N) is 3. The van der Waals surface area contributed by atoms with Crippen LogP contribution in [-0.4, -0.2) is 32.1 Å². The van der Waals surface area contributed by atoms with Crippen LogP contribution in [0.1, 0.15) is 21.5 Å². The molecule has 3 rings (SSSR count). The van der Waals surface area contributed by atoms with Gasteiger partial charge >= 0.3 is 0 Å². The van der Waals surface area contributed by atoms with Crippen LogP contribution in [0.25, 0.3) is 0 Å². The molecular formula is C18H16N4O3. The van der Waals surface area contributed by atoms with Gasteiger partial charge in [-0.2, -0.15) is 10.2 Å². The first-order valence-corrected chi connectivity index (χ1v) is 7.53. The number of aromatic nitrogens is 2. The van der Waals surface area contributed by atoms with Gasteiger partial charge in [-0.25, -0.2) is 5.43 Å². The van der Waals surface area contributed by atoms with Crippen LogP contribution in [0.2, 0.25) is 0 Å². The summed E-state index contributed by atoms with van der Waals surface area (Å²) in [5.74, 6) is -0.538. The van der Waals surface area contributed by atoms with Crippen molar-refractivity contribution in [2.75, 3.05) is 0 Å². The maximum Gasteiger partial charge on any atom is 0.271 e. The van der Waals surface area contributed by atoms with Crippen molar-refractivity contribution in [1.82, 2.24) is 15.2 Å². The Hall–Kier alpha value is -3.61. The van der Waals surface area contributed by atoms with Crippen molar-refractivity contribution in [2.24, 2.45) is 5.10 Å². The Morgan fingerprint density at radius 1 is 1.20 bits per heavy atom. The van der Waals surface area contributed by atoms with Gasteiger partial charge in [-0.3, -0.25) is 9.48 Å². The van der Waals surface area contributed by atoms with Gasteiger partial charge in [0, 0.05) is 29.6 Å². The minimum Gasteiger partial charge on any atom is -0.508 e. The molecule has 0 bridgehead atoms. The molecule has 0 radical (unpaired) electrons. The fourth-order valence-corrected chi connectivity index (χ4v) is 2.26. The van der Waals surface area contributed by atoms with Crippen LogP contribution < -0.4 is 5.43 Å². The molecule has 0 unspecified atom stereocenters. The van der Waals surface area contributed by atoms with E-state index >= 15 is 0 Å². The van der Waals surface area contributed by atoms with Crippen molar-refractivity contribution in [3.8, 4) is 11.5 Å². The Bertz CT molecular complexity index is 904. The molecule has 0 aliphatic carbocycles. The average Bonchev–Trinajstić information content (AvgIpc) is 3.10. The van der Waals surface area contributed by atoms with Crippen molar-refractivity contribution < 1.29 is 15.0 Å². The van der Waals surface area contributed by atoms with E-state index in [9.17, 15) is 15.0 Å². The maximum absolute atomic E-state index is 12.2. The number of phenolic OH excluding ortho intramolecular Hbond substituents is 2. The van der Waals surface area contributed by atoms with Gasteiger partial charge in [-0.1, -0.05) is 12.1 Å². The van der Waals surface area contributed by atoms with Crippen molar-refractivity contribution in [3.63, 3.8) is 0 Å². The highest BCUT2D eigenvalue weighted by atomic mass is 16.3. The molecule has 126 valence electrons. The molecule has 3 aromatic rings. The lowest BCUT2D eigenvalue weighted by Crippen LogP contribution is -2.18. The molecule has 0 spiro atoms. The normalized spacial score (nSPS) is 10.9. The van der Waals surface area contributed by atoms with Gasteiger partial charge in [-0.05, 0) is 35.9 Å². The third kappa shape index (κ3) is 4.23. The number of amides is 1. The summed E-state index contributed by atoms with van der Waals surface area (Å²) < 4.78 is 1.77. The first kappa shape index (κ1) is 16.3. The van der Waals surface area contributed by atoms with Crippen molar-refractivity contribution in [1.29, 1.82) is 0 Å². The molecule has 0 aliphatic rings. The number of hydrazone groups is 1. The molecule has 2 aromatic carbocycles. The van der Waals surface area contributed by atoms with E-state index in [-0.39, 0.29) is 17.4 Å². The van der Waals surface area contributed by atoms with Gasteiger partial charge in [0.25, 0.3) is 5.91 Å². The Labute approximate surface area is 143 Å². The fourth-order valence-electron chi connectivity index (χ4n) is 2.26. The van der Waals surface area contributed by atoms with Crippen molar-refractivity contribution in [2.45, 2.75) is 6.54 Å². The lowest BCUT2D eigenvalue weighted by atomic mass is 10.1. The molecule has 0 saturated carbocycles. The molecule has 7 heteroatoms. The smallest absolute Gasteiger partial charge is 0.271 e. The van der Waals surface area contributed by atoms with E-state index in [4.69, 9.17) is 0 Å². The van der Waals surface area contributed by atoms with Crippen LogP contribution in [-0.2, 0) is 6.54 Å². The molecule has 0 atom stereocenters. The Balaban J connectivity index is 1.65. The Morgan fingerprint density at radius 2 is 2.08 bits per heavy atom. The SMILES string of the molecule is O=C(NN=Cc1ccc(O)cc1O)c1cccc(Cn2cccn2)c1. The van der Waals surface area contributed by atoms with Crippen LogP contribution >= 0.6 is 0 Å². The number of hydrogen-bond donors (Lipinski definition) is 3. The third-order valence-corrected chi connectivity index (χ3v) is 3.48. The van der Waals surface area contributed by atoms with Crippen LogP contribution in [0.4, 0.5) is 0 Å². The van der Waals surface area contributed by atoms with E-state index in [0.717, 1.165) is 5.56 Å². The molecule has 1 heterocycles. The third-order valence-electron chi connectivity index (χ3n) is 3.48. The maximum atomic E-state index is 12.2. The molecule has 7 nitrogen and oxygen atoms in total. The molecule has 0 saturated heterocycles. The van der Waals surface area contributed by atoms with Gasteiger partial charge in [0.15, 0.2) is 0 Å². The molecule has 3 N–H and O–H groups in total. The molecule has 25 heavy (non-hydrogen) atoms. The minimum absolute atomic E-state index is 0.0484. The molecular weight excluding hydrogens is 320 g/mol. The van der Waals surface area contributed by atoms with Crippen LogP contribution in [0.5, 0.6) is 11.5 Å². The van der Waals surface area contributed by atoms with Gasteiger partial charge in [0.2, 0.25) is 0 Å². The quantitative estimate of drug-likeness (QED) is 0.491. The van der Waals surface area contributed by atoms with E-state index < -0.39 is 0 Å². The lowest BCUT2D eigenvalue weighted by molar-refractivity contribution is 0.0955. The highest BCUT2D eigenvalue weighted by molar-refractivity contribution is 5.95. The van der Waals surface area contributed by atoms with E-state index in [0.29, 0.717) is 17.7 Å². The van der Waals surface area contributed by atoms with Crippen LogP contribution in [0.3, 0.4) is 0 Å². The predicted octanol–water partition coefficient (Wildman–Crippen LogP) is 2.11. The first-order valence-electron chi connectivity index (χ1n) is 7.53. The summed E-state index contributed by atoms with van der Waals surface area (Å²) in [6.07, 6.45) is 4.85. The van der Waals surface area contributed by atoms with Gasteiger partial charge in [0.1, 0.15) is 11.5 Å². The average molecular weight is 336 g/mol. The number of rotatable bonds is 5. The second-order valence-electron chi connectivity index (χ2n) is 5.35. The van der Waals surface area contributed by atoms with E-state index in [1.165, 1.54) is 24.4 Å². The zero-order chi connectivity index (χ0) is 17.6. The predicted molar refractivity (Wildman–Crippen MR) is 92.6 cm³/mol. The molecule has 0 aliphatic heterocycles. The van der Waals surface area contributed by atoms with Crippen LogP contribution in [0, 0.1) is 0 Å². The number of phenols is 2. The number of carbonyl (C=O) groups is 1. The molecule has 1 amide bonds. The fraction of sp³-hybridized carbons (Fsp3) is 0.0556. The largest absolute Gasteiger partial charge is 0.508 e. The first-order chi connectivity index (χ1) is 12.1. The summed E-state index contributed by atoms with van der Waals surface area (Å²) in [4.78, 5) is 12.2. The van der Waals surface area contributed by atoms with Gasteiger partial charge < -0.3 is 10.2 Å². The molecule has 1 aromatic heterocycles. The number of benzene rings is 2. The molecule has 0 fully saturated rings. The summed E-state index contributed by atoms with van der Waals surface area (Å²) in [5.41, 5.74) is 4.20. The van der Waals surface area contributed by atoms with E-state index in [1.807, 2.05) is 18.3 Å². The zero-order valence-corrected chi connectivity index (χ0v) is 13.2. The van der Waals surface area contributed by atoms with E-state index in [2.05, 4.69) is 15.6 Å². The minimum atomic E-state index is -0.364. The van der Waals surface area contributed by atoms with Gasteiger partial charge in [-0.15, -0.1) is 0 Å². The summed E-state index contributed by atoms with van der Waals surface area (Å²) in [7, 11) is 0. The second kappa shape index (κ2) is 7.31. The topological polar surface area (TPSA) is 99.7 Å². The van der Waals surface area contributed by atoms with E-state index in [1.54, 1.807) is 29.1 Å². The summed E-state index contributed by atoms with van der Waals surface area (Å²) >= 11 is 0.